The van der Waals surface area contributed by atoms with E-state index in [-0.39, 0.29) is 34.6 Å². The zero-order valence-corrected chi connectivity index (χ0v) is 23.0. The molecule has 1 aliphatic heterocycles. The van der Waals surface area contributed by atoms with Gasteiger partial charge in [0.05, 0.1) is 6.10 Å². The highest BCUT2D eigenvalue weighted by Gasteiger charge is 2.55. The van der Waals surface area contributed by atoms with Crippen LogP contribution >= 0.6 is 0 Å². The second-order valence-electron chi connectivity index (χ2n) is 13.3. The molecule has 194 valence electrons. The summed E-state index contributed by atoms with van der Waals surface area (Å²) in [5.41, 5.74) is 0.144. The molecule has 0 bridgehead atoms. The van der Waals surface area contributed by atoms with Crippen LogP contribution in [0, 0.1) is 28.1 Å². The predicted molar refractivity (Wildman–Crippen MR) is 136 cm³/mol. The largest absolute Gasteiger partial charge is 0.504 e. The highest BCUT2D eigenvalue weighted by atomic mass is 16.5. The van der Waals surface area contributed by atoms with Crippen molar-refractivity contribution in [2.75, 3.05) is 0 Å². The lowest BCUT2D eigenvalue weighted by atomic mass is 9.52. The van der Waals surface area contributed by atoms with Crippen LogP contribution < -0.4 is 0 Å². The molecule has 3 aliphatic carbocycles. The number of Topliss-reactive ketones (excluding diaryl/α,β-unsaturated/α-hetero) is 3. The molecule has 0 unspecified atom stereocenters. The Labute approximate surface area is 210 Å². The molecule has 4 rings (SSSR count). The van der Waals surface area contributed by atoms with Crippen LogP contribution in [0.4, 0.5) is 0 Å². The van der Waals surface area contributed by atoms with Crippen molar-refractivity contribution in [2.24, 2.45) is 28.1 Å². The third kappa shape index (κ3) is 3.88. The predicted octanol–water partition coefficient (Wildman–Crippen LogP) is 6.45. The molecular weight excluding hydrogens is 440 g/mol. The average Bonchev–Trinajstić information content (AvgIpc) is 2.85. The number of allylic oxidation sites excluding steroid dienone is 3. The molecule has 1 N–H and O–H groups in total. The second-order valence-corrected chi connectivity index (χ2v) is 13.3. The van der Waals surface area contributed by atoms with Crippen molar-refractivity contribution in [3.8, 4) is 0 Å². The number of ketones is 3. The van der Waals surface area contributed by atoms with Crippen molar-refractivity contribution in [1.82, 2.24) is 0 Å². The molecule has 5 atom stereocenters. The van der Waals surface area contributed by atoms with Gasteiger partial charge >= 0.3 is 0 Å². The third-order valence-corrected chi connectivity index (χ3v) is 10.5. The van der Waals surface area contributed by atoms with E-state index in [4.69, 9.17) is 4.74 Å². The average molecular weight is 485 g/mol. The monoisotopic (exact) mass is 484 g/mol. The SMILES string of the molecule is CC1=C(CC[C@H]2[C@@H](C)CC[C@H]3OC(C)(C)C(=O)CC[C@@]32C)[C@]2(C)CCC(=O)C(C)(C)C2=C(O)C1=O. The summed E-state index contributed by atoms with van der Waals surface area (Å²) in [4.78, 5) is 38.7. The second kappa shape index (κ2) is 8.39. The Bertz CT molecular complexity index is 1030. The summed E-state index contributed by atoms with van der Waals surface area (Å²) < 4.78 is 6.49. The number of rotatable bonds is 3. The summed E-state index contributed by atoms with van der Waals surface area (Å²) in [6.45, 7) is 16.1. The lowest BCUT2D eigenvalue weighted by molar-refractivity contribution is -0.165. The Kier molecular flexibility index (Phi) is 6.31. The van der Waals surface area contributed by atoms with Gasteiger partial charge in [-0.1, -0.05) is 26.3 Å². The minimum absolute atomic E-state index is 0.0505. The lowest BCUT2D eigenvalue weighted by Gasteiger charge is -2.52. The molecule has 1 heterocycles. The van der Waals surface area contributed by atoms with Crippen LogP contribution in [0.3, 0.4) is 0 Å². The molecule has 5 heteroatoms. The van der Waals surface area contributed by atoms with Crippen LogP contribution in [0.2, 0.25) is 0 Å². The van der Waals surface area contributed by atoms with Crippen LogP contribution in [0.15, 0.2) is 22.5 Å². The van der Waals surface area contributed by atoms with E-state index in [0.29, 0.717) is 42.2 Å². The van der Waals surface area contributed by atoms with Crippen molar-refractivity contribution in [3.63, 3.8) is 0 Å². The first-order valence-corrected chi connectivity index (χ1v) is 13.5. The Morgan fingerprint density at radius 2 is 1.57 bits per heavy atom. The van der Waals surface area contributed by atoms with E-state index >= 15 is 0 Å². The molecule has 4 aliphatic rings. The van der Waals surface area contributed by atoms with E-state index in [2.05, 4.69) is 20.8 Å². The minimum atomic E-state index is -0.852. The normalized spacial score (nSPS) is 39.3. The number of hydrogen-bond acceptors (Lipinski definition) is 5. The molecule has 0 aromatic heterocycles. The van der Waals surface area contributed by atoms with E-state index in [0.717, 1.165) is 37.7 Å². The van der Waals surface area contributed by atoms with Gasteiger partial charge in [0.15, 0.2) is 11.5 Å². The number of ether oxygens (including phenoxy) is 1. The summed E-state index contributed by atoms with van der Waals surface area (Å²) >= 11 is 0. The van der Waals surface area contributed by atoms with Gasteiger partial charge in [0.2, 0.25) is 5.78 Å². The standard InChI is InChI=1S/C30H44O5/c1-17-9-12-23-29(7,15-14-22(32)28(5,6)35-23)19(17)10-11-20-18(2)24(33)25(34)26-27(3,4)21(31)13-16-30(20,26)8/h17,19,23,34H,9-16H2,1-8H3/t17-,19-,23+,29+,30-/m0/s1. The van der Waals surface area contributed by atoms with E-state index in [1.54, 1.807) is 0 Å². The lowest BCUT2D eigenvalue weighted by Crippen LogP contribution is -2.49. The van der Waals surface area contributed by atoms with Crippen molar-refractivity contribution in [2.45, 2.75) is 118 Å². The van der Waals surface area contributed by atoms with Gasteiger partial charge in [0.1, 0.15) is 11.4 Å². The zero-order chi connectivity index (χ0) is 26.1. The van der Waals surface area contributed by atoms with Crippen LogP contribution in [0.1, 0.15) is 107 Å². The van der Waals surface area contributed by atoms with E-state index in [9.17, 15) is 19.5 Å². The molecule has 0 aromatic carbocycles. The molecule has 5 nitrogen and oxygen atoms in total. The third-order valence-electron chi connectivity index (χ3n) is 10.5. The minimum Gasteiger partial charge on any atom is -0.504 e. The number of carbonyl (C=O) groups excluding carboxylic acids is 3. The van der Waals surface area contributed by atoms with Crippen LogP contribution in [0.5, 0.6) is 0 Å². The maximum absolute atomic E-state index is 13.2. The number of fused-ring (bicyclic) bond motifs is 2. The Morgan fingerprint density at radius 3 is 2.23 bits per heavy atom. The fourth-order valence-corrected chi connectivity index (χ4v) is 8.19. The fourth-order valence-electron chi connectivity index (χ4n) is 8.19. The molecular formula is C30H44O5. The van der Waals surface area contributed by atoms with Crippen LogP contribution in [0.25, 0.3) is 0 Å². The quantitative estimate of drug-likeness (QED) is 0.498. The smallest absolute Gasteiger partial charge is 0.223 e. The maximum atomic E-state index is 13.2. The zero-order valence-electron chi connectivity index (χ0n) is 23.0. The first kappa shape index (κ1) is 26.3. The summed E-state index contributed by atoms with van der Waals surface area (Å²) in [7, 11) is 0. The number of aliphatic hydroxyl groups is 1. The van der Waals surface area contributed by atoms with Gasteiger partial charge in [-0.15, -0.1) is 0 Å². The van der Waals surface area contributed by atoms with E-state index in [1.165, 1.54) is 0 Å². The highest BCUT2D eigenvalue weighted by molar-refractivity contribution is 6.10. The van der Waals surface area contributed by atoms with Gasteiger partial charge in [-0.3, -0.25) is 14.4 Å². The van der Waals surface area contributed by atoms with Gasteiger partial charge in [-0.2, -0.15) is 0 Å². The van der Waals surface area contributed by atoms with Crippen molar-refractivity contribution in [3.05, 3.63) is 22.5 Å². The molecule has 3 fully saturated rings. The Morgan fingerprint density at radius 1 is 0.943 bits per heavy atom. The van der Waals surface area contributed by atoms with Crippen molar-refractivity contribution < 1.29 is 24.2 Å². The molecule has 2 saturated carbocycles. The molecule has 35 heavy (non-hydrogen) atoms. The summed E-state index contributed by atoms with van der Waals surface area (Å²) in [6, 6.07) is 0. The number of carbonyl (C=O) groups is 3. The van der Waals surface area contributed by atoms with Gasteiger partial charge in [0.25, 0.3) is 0 Å². The Balaban J connectivity index is 1.67. The van der Waals surface area contributed by atoms with Gasteiger partial charge < -0.3 is 9.84 Å². The van der Waals surface area contributed by atoms with Crippen LogP contribution in [-0.2, 0) is 19.1 Å². The van der Waals surface area contributed by atoms with Gasteiger partial charge in [-0.25, -0.2) is 0 Å². The van der Waals surface area contributed by atoms with E-state index < -0.39 is 16.4 Å². The van der Waals surface area contributed by atoms with Crippen molar-refractivity contribution >= 4 is 17.3 Å². The summed E-state index contributed by atoms with van der Waals surface area (Å²) in [5.74, 6) is 0.578. The van der Waals surface area contributed by atoms with Gasteiger partial charge in [0, 0.05) is 29.2 Å². The summed E-state index contributed by atoms with van der Waals surface area (Å²) in [6.07, 6.45) is 6.20. The molecule has 1 saturated heterocycles. The number of hydrogen-bond donors (Lipinski definition) is 1. The molecule has 0 spiro atoms. The maximum Gasteiger partial charge on any atom is 0.223 e. The molecule has 0 amide bonds. The van der Waals surface area contributed by atoms with Gasteiger partial charge in [-0.05, 0) is 96.0 Å². The Hall–Kier alpha value is -1.75. The fraction of sp³-hybridized carbons (Fsp3) is 0.767. The van der Waals surface area contributed by atoms with Crippen LogP contribution in [-0.4, -0.2) is 34.2 Å². The first-order chi connectivity index (χ1) is 16.1. The van der Waals surface area contributed by atoms with Crippen molar-refractivity contribution in [1.29, 1.82) is 0 Å². The first-order valence-electron chi connectivity index (χ1n) is 13.5. The highest BCUT2D eigenvalue weighted by Crippen LogP contribution is 2.59. The summed E-state index contributed by atoms with van der Waals surface area (Å²) in [5, 5.41) is 10.9. The molecule has 0 radical (unpaired) electrons. The molecule has 0 aromatic rings. The van der Waals surface area contributed by atoms with E-state index in [1.807, 2.05) is 34.6 Å². The number of aliphatic hydroxyl groups excluding tert-OH is 1. The topological polar surface area (TPSA) is 80.7 Å².